The molecule has 1 aliphatic rings. The minimum absolute atomic E-state index is 0.489. The van der Waals surface area contributed by atoms with E-state index in [1.807, 2.05) is 35.2 Å². The number of aromatic nitrogens is 2. The van der Waals surface area contributed by atoms with E-state index in [2.05, 4.69) is 10.1 Å². The molecule has 0 amide bonds. The average Bonchev–Trinajstić information content (AvgIpc) is 3.08. The van der Waals surface area contributed by atoms with Gasteiger partial charge in [-0.2, -0.15) is 4.98 Å². The molecule has 2 heterocycles. The van der Waals surface area contributed by atoms with Crippen LogP contribution in [-0.2, 0) is 11.3 Å². The molecule has 1 fully saturated rings. The van der Waals surface area contributed by atoms with Gasteiger partial charge >= 0.3 is 5.97 Å². The maximum atomic E-state index is 11.2. The van der Waals surface area contributed by atoms with Crippen molar-refractivity contribution in [3.8, 4) is 11.4 Å². The molecular weight excluding hydrogens is 270 g/mol. The maximum Gasteiger partial charge on any atom is 0.310 e. The fourth-order valence-corrected chi connectivity index (χ4v) is 2.58. The number of carboxylic acid groups (broad SMARTS) is 1. The number of carbonyl (C=O) groups is 1. The average molecular weight is 287 g/mol. The zero-order chi connectivity index (χ0) is 14.9. The van der Waals surface area contributed by atoms with Crippen LogP contribution in [0.1, 0.15) is 19.2 Å². The molecule has 0 radical (unpaired) electrons. The molecule has 0 spiro atoms. The van der Waals surface area contributed by atoms with Crippen LogP contribution < -0.4 is 0 Å². The Bertz CT molecular complexity index is 641. The maximum absolute atomic E-state index is 11.2. The van der Waals surface area contributed by atoms with Crippen molar-refractivity contribution in [1.82, 2.24) is 15.0 Å². The SMILES string of the molecule is CC1(C(=O)O)CCN(Cc2nc(-c3ccccc3)no2)C1. The number of benzene rings is 1. The van der Waals surface area contributed by atoms with Crippen LogP contribution in [0.3, 0.4) is 0 Å². The summed E-state index contributed by atoms with van der Waals surface area (Å²) in [6.45, 7) is 3.50. The van der Waals surface area contributed by atoms with Crippen molar-refractivity contribution in [2.45, 2.75) is 19.9 Å². The van der Waals surface area contributed by atoms with Crippen molar-refractivity contribution in [3.63, 3.8) is 0 Å². The van der Waals surface area contributed by atoms with Crippen molar-refractivity contribution < 1.29 is 14.4 Å². The Balaban J connectivity index is 1.68. The molecule has 0 saturated carbocycles. The third kappa shape index (κ3) is 2.80. The lowest BCUT2D eigenvalue weighted by molar-refractivity contribution is -0.147. The predicted molar refractivity (Wildman–Crippen MR) is 75.4 cm³/mol. The predicted octanol–water partition coefficient (Wildman–Crippen LogP) is 2.03. The molecule has 6 nitrogen and oxygen atoms in total. The van der Waals surface area contributed by atoms with Gasteiger partial charge in [0.2, 0.25) is 11.7 Å². The van der Waals surface area contributed by atoms with E-state index in [1.165, 1.54) is 0 Å². The molecule has 1 aromatic heterocycles. The number of nitrogens with zero attached hydrogens (tertiary/aromatic N) is 3. The fourth-order valence-electron chi connectivity index (χ4n) is 2.58. The summed E-state index contributed by atoms with van der Waals surface area (Å²) in [6, 6.07) is 9.62. The van der Waals surface area contributed by atoms with Crippen molar-refractivity contribution in [2.75, 3.05) is 13.1 Å². The zero-order valence-corrected chi connectivity index (χ0v) is 11.8. The minimum atomic E-state index is -0.750. The number of likely N-dealkylation sites (tertiary alicyclic amines) is 1. The van der Waals surface area contributed by atoms with Crippen molar-refractivity contribution >= 4 is 5.97 Å². The first-order chi connectivity index (χ1) is 10.1. The van der Waals surface area contributed by atoms with E-state index in [0.29, 0.717) is 31.2 Å². The quantitative estimate of drug-likeness (QED) is 0.927. The van der Waals surface area contributed by atoms with Crippen LogP contribution in [0.4, 0.5) is 0 Å². The van der Waals surface area contributed by atoms with Gasteiger partial charge in [-0.25, -0.2) is 0 Å². The Hall–Kier alpha value is -2.21. The second-order valence-corrected chi connectivity index (χ2v) is 5.70. The summed E-state index contributed by atoms with van der Waals surface area (Å²) in [6.07, 6.45) is 0.641. The van der Waals surface area contributed by atoms with Gasteiger partial charge in [0, 0.05) is 12.1 Å². The number of carboxylic acids is 1. The second-order valence-electron chi connectivity index (χ2n) is 5.70. The molecule has 2 aromatic rings. The number of hydrogen-bond acceptors (Lipinski definition) is 5. The van der Waals surface area contributed by atoms with Crippen LogP contribution >= 0.6 is 0 Å². The third-order valence-corrected chi connectivity index (χ3v) is 3.93. The summed E-state index contributed by atoms with van der Waals surface area (Å²) >= 11 is 0. The van der Waals surface area contributed by atoms with Gasteiger partial charge in [-0.1, -0.05) is 35.5 Å². The first-order valence-electron chi connectivity index (χ1n) is 6.91. The van der Waals surface area contributed by atoms with Crippen LogP contribution in [0.15, 0.2) is 34.9 Å². The number of aliphatic carboxylic acids is 1. The van der Waals surface area contributed by atoms with Gasteiger partial charge in [0.15, 0.2) is 0 Å². The first-order valence-corrected chi connectivity index (χ1v) is 6.91. The lowest BCUT2D eigenvalue weighted by Crippen LogP contribution is -2.31. The summed E-state index contributed by atoms with van der Waals surface area (Å²) in [5.41, 5.74) is 0.228. The van der Waals surface area contributed by atoms with Crippen LogP contribution in [0.25, 0.3) is 11.4 Å². The van der Waals surface area contributed by atoms with Gasteiger partial charge < -0.3 is 9.63 Å². The van der Waals surface area contributed by atoms with E-state index in [9.17, 15) is 9.90 Å². The largest absolute Gasteiger partial charge is 0.481 e. The van der Waals surface area contributed by atoms with Crippen molar-refractivity contribution in [3.05, 3.63) is 36.2 Å². The molecule has 0 aliphatic carbocycles. The van der Waals surface area contributed by atoms with E-state index in [1.54, 1.807) is 6.92 Å². The molecule has 1 atom stereocenters. The molecule has 1 aromatic carbocycles. The van der Waals surface area contributed by atoms with E-state index < -0.39 is 11.4 Å². The summed E-state index contributed by atoms with van der Waals surface area (Å²) in [5.74, 6) is 0.329. The van der Waals surface area contributed by atoms with Gasteiger partial charge in [-0.3, -0.25) is 9.69 Å². The summed E-state index contributed by atoms with van der Waals surface area (Å²) in [7, 11) is 0. The highest BCUT2D eigenvalue weighted by Crippen LogP contribution is 2.31. The topological polar surface area (TPSA) is 79.5 Å². The molecular formula is C15H17N3O3. The minimum Gasteiger partial charge on any atom is -0.481 e. The standard InChI is InChI=1S/C15H17N3O3/c1-15(14(19)20)7-8-18(10-15)9-12-16-13(17-21-12)11-5-3-2-4-6-11/h2-6H,7-10H2,1H3,(H,19,20). The molecule has 1 aliphatic heterocycles. The molecule has 6 heteroatoms. The Morgan fingerprint density at radius 3 is 2.86 bits per heavy atom. The first kappa shape index (κ1) is 13.8. The van der Waals surface area contributed by atoms with E-state index in [4.69, 9.17) is 4.52 Å². The second kappa shape index (κ2) is 5.29. The zero-order valence-electron chi connectivity index (χ0n) is 11.8. The normalized spacial score (nSPS) is 22.5. The Morgan fingerprint density at radius 1 is 1.43 bits per heavy atom. The monoisotopic (exact) mass is 287 g/mol. The highest BCUT2D eigenvalue weighted by atomic mass is 16.5. The van der Waals surface area contributed by atoms with Crippen molar-refractivity contribution in [1.29, 1.82) is 0 Å². The van der Waals surface area contributed by atoms with Gasteiger partial charge in [0.05, 0.1) is 12.0 Å². The Kier molecular flexibility index (Phi) is 3.47. The molecule has 0 bridgehead atoms. The summed E-state index contributed by atoms with van der Waals surface area (Å²) in [5, 5.41) is 13.2. The molecule has 110 valence electrons. The molecule has 21 heavy (non-hydrogen) atoms. The number of rotatable bonds is 4. The summed E-state index contributed by atoms with van der Waals surface area (Å²) in [4.78, 5) is 17.6. The van der Waals surface area contributed by atoms with E-state index in [-0.39, 0.29) is 0 Å². The lowest BCUT2D eigenvalue weighted by Gasteiger charge is -2.18. The van der Waals surface area contributed by atoms with Crippen molar-refractivity contribution in [2.24, 2.45) is 5.41 Å². The van der Waals surface area contributed by atoms with Gasteiger partial charge in [-0.15, -0.1) is 0 Å². The molecule has 1 saturated heterocycles. The van der Waals surface area contributed by atoms with E-state index >= 15 is 0 Å². The van der Waals surface area contributed by atoms with Crippen LogP contribution in [0, 0.1) is 5.41 Å². The lowest BCUT2D eigenvalue weighted by atomic mass is 9.90. The highest BCUT2D eigenvalue weighted by Gasteiger charge is 2.40. The Morgan fingerprint density at radius 2 is 2.19 bits per heavy atom. The van der Waals surface area contributed by atoms with Crippen LogP contribution in [0.5, 0.6) is 0 Å². The van der Waals surface area contributed by atoms with Gasteiger partial charge in [0.1, 0.15) is 0 Å². The smallest absolute Gasteiger partial charge is 0.310 e. The number of hydrogen-bond donors (Lipinski definition) is 1. The van der Waals surface area contributed by atoms with Gasteiger partial charge in [0.25, 0.3) is 0 Å². The molecule has 1 N–H and O–H groups in total. The third-order valence-electron chi connectivity index (χ3n) is 3.93. The fraction of sp³-hybridized carbons (Fsp3) is 0.400. The molecule has 1 unspecified atom stereocenters. The molecule has 3 rings (SSSR count). The summed E-state index contributed by atoms with van der Waals surface area (Å²) < 4.78 is 5.26. The van der Waals surface area contributed by atoms with Crippen LogP contribution in [0.2, 0.25) is 0 Å². The van der Waals surface area contributed by atoms with E-state index in [0.717, 1.165) is 12.1 Å². The highest BCUT2D eigenvalue weighted by molar-refractivity contribution is 5.74. The van der Waals surface area contributed by atoms with Gasteiger partial charge in [-0.05, 0) is 19.9 Å². The Labute approximate surface area is 122 Å². The van der Waals surface area contributed by atoms with Crippen LogP contribution in [-0.4, -0.2) is 39.2 Å².